The molecule has 1 rings (SSSR count). The second-order valence-electron chi connectivity index (χ2n) is 6.46. The van der Waals surface area contributed by atoms with E-state index in [1.165, 1.54) is 0 Å². The highest BCUT2D eigenvalue weighted by Gasteiger charge is 2.30. The van der Waals surface area contributed by atoms with Gasteiger partial charge in [-0.05, 0) is 39.0 Å². The lowest BCUT2D eigenvalue weighted by atomic mass is 9.82. The monoisotopic (exact) mass is 328 g/mol. The summed E-state index contributed by atoms with van der Waals surface area (Å²) in [4.78, 5) is 11.8. The van der Waals surface area contributed by atoms with Crippen molar-refractivity contribution in [2.24, 2.45) is 5.73 Å². The number of halogens is 1. The van der Waals surface area contributed by atoms with Gasteiger partial charge in [-0.25, -0.2) is 4.79 Å². The van der Waals surface area contributed by atoms with Crippen molar-refractivity contribution in [3.05, 3.63) is 28.8 Å². The van der Waals surface area contributed by atoms with Crippen LogP contribution in [0.15, 0.2) is 18.2 Å². The number of nitrogens with two attached hydrogens (primary N) is 1. The first-order valence-corrected chi connectivity index (χ1v) is 7.50. The fourth-order valence-corrected chi connectivity index (χ4v) is 2.18. The Kier molecular flexibility index (Phi) is 6.08. The highest BCUT2D eigenvalue weighted by Crippen LogP contribution is 2.33. The molecule has 1 amide bonds. The van der Waals surface area contributed by atoms with Crippen molar-refractivity contribution in [3.8, 4) is 5.75 Å². The van der Waals surface area contributed by atoms with E-state index in [1.54, 1.807) is 19.2 Å². The van der Waals surface area contributed by atoms with Gasteiger partial charge in [0.1, 0.15) is 11.4 Å². The summed E-state index contributed by atoms with van der Waals surface area (Å²) in [6.45, 7) is 8.02. The Morgan fingerprint density at radius 3 is 2.45 bits per heavy atom. The molecule has 1 aromatic carbocycles. The highest BCUT2D eigenvalue weighted by atomic mass is 35.5. The molecular formula is C16H25ClN2O3. The summed E-state index contributed by atoms with van der Waals surface area (Å²) in [6.07, 6.45) is -0.479. The summed E-state index contributed by atoms with van der Waals surface area (Å²) < 4.78 is 10.6. The Morgan fingerprint density at radius 2 is 1.95 bits per heavy atom. The predicted octanol–water partition coefficient (Wildman–Crippen LogP) is 3.09. The van der Waals surface area contributed by atoms with Crippen LogP contribution < -0.4 is 15.8 Å². The number of hydrogen-bond donors (Lipinski definition) is 2. The fraction of sp³-hybridized carbons (Fsp3) is 0.562. The van der Waals surface area contributed by atoms with Crippen molar-refractivity contribution in [3.63, 3.8) is 0 Å². The summed E-state index contributed by atoms with van der Waals surface area (Å²) in [5.41, 5.74) is 5.72. The van der Waals surface area contributed by atoms with Gasteiger partial charge in [0.15, 0.2) is 0 Å². The van der Waals surface area contributed by atoms with Gasteiger partial charge in [0, 0.05) is 29.1 Å². The molecule has 1 unspecified atom stereocenters. The number of carbonyl (C=O) groups excluding carboxylic acids is 1. The molecule has 124 valence electrons. The van der Waals surface area contributed by atoms with E-state index >= 15 is 0 Å². The molecule has 0 saturated heterocycles. The zero-order valence-electron chi connectivity index (χ0n) is 13.8. The predicted molar refractivity (Wildman–Crippen MR) is 88.6 cm³/mol. The molecule has 0 fully saturated rings. The van der Waals surface area contributed by atoms with Crippen LogP contribution in [0.4, 0.5) is 4.79 Å². The largest absolute Gasteiger partial charge is 0.496 e. The Labute approximate surface area is 137 Å². The molecule has 0 bridgehead atoms. The van der Waals surface area contributed by atoms with Crippen LogP contribution in [0.1, 0.15) is 33.3 Å². The highest BCUT2D eigenvalue weighted by molar-refractivity contribution is 6.30. The van der Waals surface area contributed by atoms with Crippen molar-refractivity contribution in [2.45, 2.75) is 38.7 Å². The van der Waals surface area contributed by atoms with Crippen molar-refractivity contribution in [2.75, 3.05) is 20.2 Å². The number of alkyl carbamates (subject to hydrolysis) is 1. The number of ether oxygens (including phenoxy) is 2. The van der Waals surface area contributed by atoms with Crippen molar-refractivity contribution < 1.29 is 14.3 Å². The molecule has 0 aliphatic carbocycles. The third-order valence-corrected chi connectivity index (χ3v) is 3.52. The minimum absolute atomic E-state index is 0.315. The minimum Gasteiger partial charge on any atom is -0.496 e. The summed E-state index contributed by atoms with van der Waals surface area (Å²) in [5, 5.41) is 3.35. The standard InChI is InChI=1S/C16H25ClN2O3/c1-15(2,3)22-14(20)19-10-16(4,9-18)12-8-11(17)6-7-13(12)21-5/h6-8H,9-10,18H2,1-5H3,(H,19,20). The van der Waals surface area contributed by atoms with Gasteiger partial charge in [-0.15, -0.1) is 0 Å². The molecule has 0 radical (unpaired) electrons. The molecule has 0 saturated carbocycles. The number of hydrogen-bond acceptors (Lipinski definition) is 4. The molecule has 6 heteroatoms. The lowest BCUT2D eigenvalue weighted by molar-refractivity contribution is 0.0516. The number of nitrogens with one attached hydrogen (secondary N) is 1. The van der Waals surface area contributed by atoms with Crippen LogP contribution in [-0.4, -0.2) is 31.9 Å². The van der Waals surface area contributed by atoms with Gasteiger partial charge in [-0.1, -0.05) is 18.5 Å². The second kappa shape index (κ2) is 7.20. The van der Waals surface area contributed by atoms with Crippen molar-refractivity contribution in [1.82, 2.24) is 5.32 Å². The minimum atomic E-state index is -0.545. The van der Waals surface area contributed by atoms with Gasteiger partial charge in [0.2, 0.25) is 0 Å². The molecular weight excluding hydrogens is 304 g/mol. The molecule has 0 aliphatic heterocycles. The smallest absolute Gasteiger partial charge is 0.407 e. The Morgan fingerprint density at radius 1 is 1.32 bits per heavy atom. The van der Waals surface area contributed by atoms with Crippen molar-refractivity contribution >= 4 is 17.7 Å². The number of benzene rings is 1. The van der Waals surface area contributed by atoms with Gasteiger partial charge < -0.3 is 20.5 Å². The van der Waals surface area contributed by atoms with E-state index in [4.69, 9.17) is 26.8 Å². The molecule has 3 N–H and O–H groups in total. The van der Waals surface area contributed by atoms with E-state index in [0.29, 0.717) is 23.9 Å². The molecule has 0 heterocycles. The third-order valence-electron chi connectivity index (χ3n) is 3.28. The van der Waals surface area contributed by atoms with Gasteiger partial charge in [-0.2, -0.15) is 0 Å². The van der Waals surface area contributed by atoms with Crippen LogP contribution >= 0.6 is 11.6 Å². The number of rotatable bonds is 5. The van der Waals surface area contributed by atoms with Crippen LogP contribution in [0.3, 0.4) is 0 Å². The van der Waals surface area contributed by atoms with E-state index in [2.05, 4.69) is 5.32 Å². The number of carbonyl (C=O) groups is 1. The fourth-order valence-electron chi connectivity index (χ4n) is 2.01. The van der Waals surface area contributed by atoms with Gasteiger partial charge in [0.05, 0.1) is 7.11 Å². The number of amides is 1. The summed E-state index contributed by atoms with van der Waals surface area (Å²) in [6, 6.07) is 5.35. The van der Waals surface area contributed by atoms with Crippen LogP contribution in [-0.2, 0) is 10.2 Å². The van der Waals surface area contributed by atoms with E-state index < -0.39 is 17.1 Å². The van der Waals surface area contributed by atoms with Crippen LogP contribution in [0, 0.1) is 0 Å². The maximum atomic E-state index is 11.8. The Balaban J connectivity index is 2.93. The van der Waals surface area contributed by atoms with Crippen LogP contribution in [0.25, 0.3) is 0 Å². The van der Waals surface area contributed by atoms with Crippen LogP contribution in [0.5, 0.6) is 5.75 Å². The second-order valence-corrected chi connectivity index (χ2v) is 6.90. The zero-order valence-corrected chi connectivity index (χ0v) is 14.6. The molecule has 5 nitrogen and oxygen atoms in total. The topological polar surface area (TPSA) is 73.6 Å². The van der Waals surface area contributed by atoms with Gasteiger partial charge in [0.25, 0.3) is 0 Å². The lowest BCUT2D eigenvalue weighted by Gasteiger charge is -2.31. The first-order chi connectivity index (χ1) is 10.1. The van der Waals surface area contributed by atoms with E-state index in [1.807, 2.05) is 33.8 Å². The van der Waals surface area contributed by atoms with E-state index in [0.717, 1.165) is 5.56 Å². The Bertz CT molecular complexity index is 529. The van der Waals surface area contributed by atoms with E-state index in [-0.39, 0.29) is 0 Å². The average molecular weight is 329 g/mol. The number of methoxy groups -OCH3 is 1. The quantitative estimate of drug-likeness (QED) is 0.871. The Hall–Kier alpha value is -1.46. The third kappa shape index (κ3) is 5.07. The zero-order chi connectivity index (χ0) is 17.0. The normalized spacial score (nSPS) is 14.1. The molecule has 1 aromatic rings. The van der Waals surface area contributed by atoms with Gasteiger partial charge >= 0.3 is 6.09 Å². The van der Waals surface area contributed by atoms with Crippen LogP contribution in [0.2, 0.25) is 5.02 Å². The molecule has 22 heavy (non-hydrogen) atoms. The maximum Gasteiger partial charge on any atom is 0.407 e. The average Bonchev–Trinajstić information content (AvgIpc) is 2.43. The molecule has 0 spiro atoms. The van der Waals surface area contributed by atoms with E-state index in [9.17, 15) is 4.79 Å². The molecule has 1 atom stereocenters. The first kappa shape index (κ1) is 18.6. The lowest BCUT2D eigenvalue weighted by Crippen LogP contribution is -2.45. The summed E-state index contributed by atoms with van der Waals surface area (Å²) in [7, 11) is 1.59. The van der Waals surface area contributed by atoms with Gasteiger partial charge in [-0.3, -0.25) is 0 Å². The first-order valence-electron chi connectivity index (χ1n) is 7.12. The SMILES string of the molecule is COc1ccc(Cl)cc1C(C)(CN)CNC(=O)OC(C)(C)C. The summed E-state index contributed by atoms with van der Waals surface area (Å²) in [5.74, 6) is 0.684. The molecule has 0 aliphatic rings. The summed E-state index contributed by atoms with van der Waals surface area (Å²) >= 11 is 6.08. The molecule has 0 aromatic heterocycles. The maximum absolute atomic E-state index is 11.8. The van der Waals surface area contributed by atoms with Crippen molar-refractivity contribution in [1.29, 1.82) is 0 Å².